The molecular formula is C23H20N9O2+. The van der Waals surface area contributed by atoms with Crippen molar-refractivity contribution in [3.05, 3.63) is 81.9 Å². The van der Waals surface area contributed by atoms with Crippen LogP contribution in [0.25, 0.3) is 16.6 Å². The van der Waals surface area contributed by atoms with Gasteiger partial charge in [0.25, 0.3) is 11.5 Å². The zero-order chi connectivity index (χ0) is 23.8. The Balaban J connectivity index is 1.46. The van der Waals surface area contributed by atoms with Crippen molar-refractivity contribution < 1.29 is 9.31 Å². The normalized spacial score (nSPS) is 11.8. The molecule has 0 bridgehead atoms. The van der Waals surface area contributed by atoms with Gasteiger partial charge in [0.15, 0.2) is 11.4 Å². The molecule has 0 saturated heterocycles. The molecule has 4 heterocycles. The highest BCUT2D eigenvalue weighted by atomic mass is 16.2. The lowest BCUT2D eigenvalue weighted by Gasteiger charge is -2.13. The van der Waals surface area contributed by atoms with Crippen molar-refractivity contribution >= 4 is 28.3 Å². The number of nitrogens with one attached hydrogen (secondary N) is 3. The first-order valence-corrected chi connectivity index (χ1v) is 10.4. The van der Waals surface area contributed by atoms with Crippen LogP contribution < -0.4 is 21.1 Å². The summed E-state index contributed by atoms with van der Waals surface area (Å²) < 4.78 is 3.21. The van der Waals surface area contributed by atoms with E-state index in [9.17, 15) is 9.59 Å². The number of aromatic nitrogens is 7. The Labute approximate surface area is 192 Å². The molecule has 0 aliphatic rings. The summed E-state index contributed by atoms with van der Waals surface area (Å²) in [5.41, 5.74) is 8.00. The summed E-state index contributed by atoms with van der Waals surface area (Å²) in [6.45, 7) is 1.72. The highest BCUT2D eigenvalue weighted by Crippen LogP contribution is 2.17. The molecule has 5 rings (SSSR count). The zero-order valence-corrected chi connectivity index (χ0v) is 18.3. The van der Waals surface area contributed by atoms with Crippen molar-refractivity contribution in [1.82, 2.24) is 35.1 Å². The molecule has 0 saturated carbocycles. The number of rotatable bonds is 3. The third-order valence-electron chi connectivity index (χ3n) is 5.26. The lowest BCUT2D eigenvalue weighted by molar-refractivity contribution is -0.577. The second-order valence-corrected chi connectivity index (χ2v) is 7.71. The van der Waals surface area contributed by atoms with E-state index < -0.39 is 11.9 Å². The van der Waals surface area contributed by atoms with Crippen molar-refractivity contribution in [3.8, 4) is 11.8 Å². The number of anilines is 1. The maximum absolute atomic E-state index is 13.0. The molecule has 1 atom stereocenters. The topological polar surface area (TPSA) is 151 Å². The highest BCUT2D eigenvalue weighted by Gasteiger charge is 2.26. The van der Waals surface area contributed by atoms with Gasteiger partial charge in [-0.2, -0.15) is 5.10 Å². The SMILES string of the molecule is CC(NC(=O)c1c(N)[nH][n+]2cccnc12)c1nc2cccc(C#Cc3cnn(C)c3)c2c(=O)[nH]1. The number of nitrogens with zero attached hydrogens (tertiary/aromatic N) is 5. The zero-order valence-electron chi connectivity index (χ0n) is 18.3. The van der Waals surface area contributed by atoms with Gasteiger partial charge in [-0.1, -0.05) is 17.9 Å². The van der Waals surface area contributed by atoms with Crippen molar-refractivity contribution in [1.29, 1.82) is 0 Å². The van der Waals surface area contributed by atoms with Crippen LogP contribution >= 0.6 is 0 Å². The number of benzene rings is 1. The van der Waals surface area contributed by atoms with Crippen LogP contribution in [0.2, 0.25) is 0 Å². The van der Waals surface area contributed by atoms with Crippen molar-refractivity contribution in [2.75, 3.05) is 5.73 Å². The molecule has 0 fully saturated rings. The fourth-order valence-electron chi connectivity index (χ4n) is 3.66. The third-order valence-corrected chi connectivity index (χ3v) is 5.26. The van der Waals surface area contributed by atoms with Crippen LogP contribution in [-0.4, -0.2) is 35.7 Å². The molecule has 11 nitrogen and oxygen atoms in total. The summed E-state index contributed by atoms with van der Waals surface area (Å²) in [6, 6.07) is 6.39. The Morgan fingerprint density at radius 2 is 2.15 bits per heavy atom. The summed E-state index contributed by atoms with van der Waals surface area (Å²) in [6.07, 6.45) is 6.71. The maximum Gasteiger partial charge on any atom is 0.362 e. The first-order chi connectivity index (χ1) is 16.4. The van der Waals surface area contributed by atoms with Gasteiger partial charge < -0.3 is 16.0 Å². The smallest absolute Gasteiger partial charge is 0.362 e. The fourth-order valence-corrected chi connectivity index (χ4v) is 3.66. The fraction of sp³-hybridized carbons (Fsp3) is 0.130. The summed E-state index contributed by atoms with van der Waals surface area (Å²) in [5.74, 6) is 6.07. The monoisotopic (exact) mass is 454 g/mol. The van der Waals surface area contributed by atoms with Crippen molar-refractivity contribution in [2.24, 2.45) is 7.05 Å². The Bertz CT molecular complexity index is 1680. The Morgan fingerprint density at radius 1 is 1.29 bits per heavy atom. The predicted molar refractivity (Wildman–Crippen MR) is 124 cm³/mol. The van der Waals surface area contributed by atoms with Crippen LogP contribution in [-0.2, 0) is 7.05 Å². The van der Waals surface area contributed by atoms with E-state index >= 15 is 0 Å². The summed E-state index contributed by atoms with van der Waals surface area (Å²) in [4.78, 5) is 37.4. The van der Waals surface area contributed by atoms with Gasteiger partial charge in [0.1, 0.15) is 18.2 Å². The molecular weight excluding hydrogens is 434 g/mol. The minimum atomic E-state index is -0.604. The number of hydrogen-bond donors (Lipinski definition) is 4. The second kappa shape index (κ2) is 8.18. The minimum Gasteiger partial charge on any atom is -0.382 e. The molecule has 0 aliphatic carbocycles. The Morgan fingerprint density at radius 3 is 2.94 bits per heavy atom. The molecule has 1 aromatic carbocycles. The van der Waals surface area contributed by atoms with E-state index in [0.29, 0.717) is 27.9 Å². The van der Waals surface area contributed by atoms with Crippen LogP contribution in [0.1, 0.15) is 40.3 Å². The molecule has 34 heavy (non-hydrogen) atoms. The second-order valence-electron chi connectivity index (χ2n) is 7.71. The summed E-state index contributed by atoms with van der Waals surface area (Å²) >= 11 is 0. The Hall–Kier alpha value is -4.98. The number of hydrogen-bond acceptors (Lipinski definition) is 6. The average molecular weight is 454 g/mol. The summed E-state index contributed by atoms with van der Waals surface area (Å²) in [5, 5.41) is 10.2. The van der Waals surface area contributed by atoms with E-state index in [-0.39, 0.29) is 16.9 Å². The quantitative estimate of drug-likeness (QED) is 0.231. The van der Waals surface area contributed by atoms with Gasteiger partial charge in [0.05, 0.1) is 28.7 Å². The molecule has 4 aromatic heterocycles. The largest absolute Gasteiger partial charge is 0.382 e. The van der Waals surface area contributed by atoms with Gasteiger partial charge in [-0.3, -0.25) is 14.3 Å². The molecule has 0 radical (unpaired) electrons. The number of H-pyrrole nitrogens is 2. The van der Waals surface area contributed by atoms with E-state index in [4.69, 9.17) is 5.73 Å². The molecule has 0 aliphatic heterocycles. The molecule has 5 N–H and O–H groups in total. The number of nitrogen functional groups attached to an aromatic ring is 1. The Kier molecular flexibility index (Phi) is 5.03. The van der Waals surface area contributed by atoms with E-state index in [1.165, 1.54) is 0 Å². The number of amides is 1. The van der Waals surface area contributed by atoms with Gasteiger partial charge in [0.2, 0.25) is 0 Å². The van der Waals surface area contributed by atoms with Crippen molar-refractivity contribution in [2.45, 2.75) is 13.0 Å². The number of aryl methyl sites for hydroxylation is 1. The van der Waals surface area contributed by atoms with Crippen LogP contribution in [0.4, 0.5) is 5.82 Å². The molecule has 168 valence electrons. The lowest BCUT2D eigenvalue weighted by atomic mass is 10.1. The first kappa shape index (κ1) is 20.9. The third kappa shape index (κ3) is 3.73. The first-order valence-electron chi connectivity index (χ1n) is 10.4. The minimum absolute atomic E-state index is 0.181. The van der Waals surface area contributed by atoms with Gasteiger partial charge in [-0.25, -0.2) is 10.1 Å². The predicted octanol–water partition coefficient (Wildman–Crippen LogP) is 0.591. The molecule has 1 unspecified atom stereocenters. The number of carbonyl (C=O) groups is 1. The van der Waals surface area contributed by atoms with Crippen molar-refractivity contribution in [3.63, 3.8) is 0 Å². The van der Waals surface area contributed by atoms with E-state index in [0.717, 1.165) is 5.56 Å². The number of aromatic amines is 2. The number of nitrogens with two attached hydrogens (primary N) is 1. The maximum atomic E-state index is 13.0. The van der Waals surface area contributed by atoms with E-state index in [2.05, 4.69) is 42.3 Å². The van der Waals surface area contributed by atoms with Gasteiger partial charge in [0, 0.05) is 24.9 Å². The average Bonchev–Trinajstić information content (AvgIpc) is 3.38. The van der Waals surface area contributed by atoms with Gasteiger partial charge in [-0.15, -0.1) is 4.52 Å². The van der Waals surface area contributed by atoms with E-state index in [1.807, 2.05) is 0 Å². The van der Waals surface area contributed by atoms with Crippen LogP contribution in [0.15, 0.2) is 53.8 Å². The molecule has 1 amide bonds. The molecule has 11 heteroatoms. The van der Waals surface area contributed by atoms with E-state index in [1.54, 1.807) is 72.2 Å². The molecule has 5 aromatic rings. The van der Waals surface area contributed by atoms with Gasteiger partial charge >= 0.3 is 5.65 Å². The molecule has 0 spiro atoms. The van der Waals surface area contributed by atoms with Gasteiger partial charge in [-0.05, 0) is 24.0 Å². The lowest BCUT2D eigenvalue weighted by Crippen LogP contribution is -2.30. The van der Waals surface area contributed by atoms with Crippen LogP contribution in [0, 0.1) is 11.8 Å². The standard InChI is InChI=1S/C23H19N9O2/c1-13(27-23(34)18-19(24)30-32-10-4-9-25-21(18)32)20-28-16-6-3-5-15(17(16)22(33)29-20)8-7-14-11-26-31(2)12-14/h3-6,9-13H,1-2H3,(H4,24,27,28,29,30,33,34)/p+1. The highest BCUT2D eigenvalue weighted by molar-refractivity contribution is 6.03. The number of carbonyl (C=O) groups excluding carboxylic acids is 1. The number of fused-ring (bicyclic) bond motifs is 2. The van der Waals surface area contributed by atoms with Crippen LogP contribution in [0.3, 0.4) is 0 Å². The summed E-state index contributed by atoms with van der Waals surface area (Å²) in [7, 11) is 1.81. The van der Waals surface area contributed by atoms with Crippen LogP contribution in [0.5, 0.6) is 0 Å².